The maximum absolute atomic E-state index is 12.8. The Balaban J connectivity index is 1.52. The van der Waals surface area contributed by atoms with Crippen LogP contribution in [0.2, 0.25) is 0 Å². The second-order valence-electron chi connectivity index (χ2n) is 7.44. The van der Waals surface area contributed by atoms with E-state index in [-0.39, 0.29) is 17.7 Å². The van der Waals surface area contributed by atoms with Crippen molar-refractivity contribution in [2.75, 3.05) is 20.1 Å². The van der Waals surface area contributed by atoms with Gasteiger partial charge in [-0.15, -0.1) is 0 Å². The Kier molecular flexibility index (Phi) is 6.89. The van der Waals surface area contributed by atoms with Gasteiger partial charge in [-0.3, -0.25) is 9.59 Å². The number of nitrogens with zero attached hydrogens (tertiary/aromatic N) is 2. The molecule has 2 amide bonds. The first-order valence-corrected chi connectivity index (χ1v) is 10.6. The minimum absolute atomic E-state index is 0.00566. The zero-order valence-corrected chi connectivity index (χ0v) is 18.1. The maximum atomic E-state index is 12.8. The summed E-state index contributed by atoms with van der Waals surface area (Å²) >= 11 is 3.39. The minimum Gasteiger partial charge on any atom is -0.341 e. The van der Waals surface area contributed by atoms with Crippen LogP contribution in [0, 0.1) is 5.92 Å². The van der Waals surface area contributed by atoms with Gasteiger partial charge in [-0.05, 0) is 54.7 Å². The summed E-state index contributed by atoms with van der Waals surface area (Å²) in [6.07, 6.45) is 2.47. The number of aryl methyl sites for hydroxylation is 1. The highest BCUT2D eigenvalue weighted by Crippen LogP contribution is 2.22. The van der Waals surface area contributed by atoms with E-state index >= 15 is 0 Å². The molecule has 0 bridgehead atoms. The first-order chi connectivity index (χ1) is 13.5. The predicted octanol–water partition coefficient (Wildman–Crippen LogP) is 4.52. The van der Waals surface area contributed by atoms with Crippen molar-refractivity contribution in [1.29, 1.82) is 0 Å². The topological polar surface area (TPSA) is 40.6 Å². The van der Waals surface area contributed by atoms with Gasteiger partial charge in [-0.25, -0.2) is 0 Å². The van der Waals surface area contributed by atoms with Gasteiger partial charge in [-0.1, -0.05) is 47.1 Å². The molecule has 1 aliphatic rings. The van der Waals surface area contributed by atoms with Crippen molar-refractivity contribution in [1.82, 2.24) is 9.80 Å². The molecule has 0 radical (unpaired) electrons. The van der Waals surface area contributed by atoms with Crippen molar-refractivity contribution in [3.63, 3.8) is 0 Å². The van der Waals surface area contributed by atoms with Crippen LogP contribution >= 0.6 is 15.9 Å². The Morgan fingerprint density at radius 2 is 1.57 bits per heavy atom. The molecule has 0 unspecified atom stereocenters. The molecule has 0 saturated carbocycles. The quantitative estimate of drug-likeness (QED) is 0.682. The Morgan fingerprint density at radius 1 is 1.00 bits per heavy atom. The van der Waals surface area contributed by atoms with Crippen LogP contribution in [0.4, 0.5) is 0 Å². The van der Waals surface area contributed by atoms with E-state index in [0.717, 1.165) is 29.3 Å². The fourth-order valence-electron chi connectivity index (χ4n) is 3.65. The second-order valence-corrected chi connectivity index (χ2v) is 8.35. The van der Waals surface area contributed by atoms with Crippen LogP contribution < -0.4 is 0 Å². The molecule has 3 rings (SSSR count). The Hall–Kier alpha value is -2.14. The van der Waals surface area contributed by atoms with Gasteiger partial charge in [0.15, 0.2) is 0 Å². The number of halogens is 1. The van der Waals surface area contributed by atoms with Gasteiger partial charge in [0.05, 0.1) is 0 Å². The number of benzene rings is 2. The fraction of sp³-hybridized carbons (Fsp3) is 0.391. The molecule has 0 atom stereocenters. The molecule has 28 heavy (non-hydrogen) atoms. The molecule has 0 spiro atoms. The van der Waals surface area contributed by atoms with Crippen LogP contribution in [0.15, 0.2) is 53.0 Å². The number of hydrogen-bond donors (Lipinski definition) is 0. The minimum atomic E-state index is -0.00566. The van der Waals surface area contributed by atoms with Gasteiger partial charge in [0.2, 0.25) is 5.91 Å². The number of carbonyl (C=O) groups excluding carboxylic acids is 2. The molecule has 1 fully saturated rings. The van der Waals surface area contributed by atoms with E-state index in [4.69, 9.17) is 0 Å². The summed E-state index contributed by atoms with van der Waals surface area (Å²) in [6.45, 7) is 4.02. The van der Waals surface area contributed by atoms with E-state index in [0.29, 0.717) is 25.2 Å². The summed E-state index contributed by atoms with van der Waals surface area (Å²) in [6, 6.07) is 15.9. The third-order valence-electron chi connectivity index (χ3n) is 5.45. The zero-order chi connectivity index (χ0) is 20.1. The van der Waals surface area contributed by atoms with Gasteiger partial charge < -0.3 is 9.80 Å². The maximum Gasteiger partial charge on any atom is 0.253 e. The summed E-state index contributed by atoms with van der Waals surface area (Å²) in [5.74, 6) is 0.215. The Morgan fingerprint density at radius 3 is 2.14 bits per heavy atom. The van der Waals surface area contributed by atoms with Crippen LogP contribution in [0.3, 0.4) is 0 Å². The highest BCUT2D eigenvalue weighted by molar-refractivity contribution is 9.10. The van der Waals surface area contributed by atoms with Gasteiger partial charge in [0, 0.05) is 42.6 Å². The van der Waals surface area contributed by atoms with Crippen LogP contribution in [0.5, 0.6) is 0 Å². The molecule has 2 aromatic carbocycles. The standard InChI is InChI=1S/C23H27BrN2O2/c1-3-17-4-6-18(7-5-17)16-25(2)22(27)20-12-14-26(15-13-20)23(28)19-8-10-21(24)11-9-19/h4-11,20H,3,12-16H2,1-2H3. The van der Waals surface area contributed by atoms with Gasteiger partial charge in [0.1, 0.15) is 0 Å². The van der Waals surface area contributed by atoms with Crippen molar-refractivity contribution < 1.29 is 9.59 Å². The summed E-state index contributed by atoms with van der Waals surface area (Å²) in [5, 5.41) is 0. The lowest BCUT2D eigenvalue weighted by Crippen LogP contribution is -2.43. The molecule has 1 heterocycles. The normalized spacial score (nSPS) is 14.8. The van der Waals surface area contributed by atoms with Gasteiger partial charge in [-0.2, -0.15) is 0 Å². The Labute approximate surface area is 175 Å². The van der Waals surface area contributed by atoms with E-state index in [1.807, 2.05) is 41.1 Å². The predicted molar refractivity (Wildman–Crippen MR) is 115 cm³/mol. The van der Waals surface area contributed by atoms with Crippen LogP contribution in [0.1, 0.15) is 41.3 Å². The van der Waals surface area contributed by atoms with Crippen molar-refractivity contribution in [3.05, 3.63) is 69.7 Å². The third kappa shape index (κ3) is 5.02. The third-order valence-corrected chi connectivity index (χ3v) is 5.98. The Bertz CT molecular complexity index is 810. The molecule has 1 aliphatic heterocycles. The SMILES string of the molecule is CCc1ccc(CN(C)C(=O)C2CCN(C(=O)c3ccc(Br)cc3)CC2)cc1. The highest BCUT2D eigenvalue weighted by Gasteiger charge is 2.29. The average molecular weight is 443 g/mol. The number of piperidine rings is 1. The molecule has 148 valence electrons. The lowest BCUT2D eigenvalue weighted by molar-refractivity contribution is -0.136. The molecule has 0 aliphatic carbocycles. The van der Waals surface area contributed by atoms with Crippen LogP contribution in [-0.4, -0.2) is 41.8 Å². The molecule has 1 saturated heterocycles. The first kappa shape index (κ1) is 20.6. The van der Waals surface area contributed by atoms with E-state index < -0.39 is 0 Å². The van der Waals surface area contributed by atoms with Crippen molar-refractivity contribution >= 4 is 27.7 Å². The smallest absolute Gasteiger partial charge is 0.253 e. The fourth-order valence-corrected chi connectivity index (χ4v) is 3.91. The summed E-state index contributed by atoms with van der Waals surface area (Å²) < 4.78 is 0.959. The van der Waals surface area contributed by atoms with Crippen LogP contribution in [0.25, 0.3) is 0 Å². The lowest BCUT2D eigenvalue weighted by Gasteiger charge is -2.33. The van der Waals surface area contributed by atoms with Crippen LogP contribution in [-0.2, 0) is 17.8 Å². The molecule has 4 nitrogen and oxygen atoms in total. The first-order valence-electron chi connectivity index (χ1n) is 9.85. The van der Waals surface area contributed by atoms with Crippen molar-refractivity contribution in [2.45, 2.75) is 32.7 Å². The number of likely N-dealkylation sites (tertiary alicyclic amines) is 1. The van der Waals surface area contributed by atoms with E-state index in [1.165, 1.54) is 5.56 Å². The largest absolute Gasteiger partial charge is 0.341 e. The van der Waals surface area contributed by atoms with E-state index in [2.05, 4.69) is 47.1 Å². The zero-order valence-electron chi connectivity index (χ0n) is 16.5. The second kappa shape index (κ2) is 9.37. The van der Waals surface area contributed by atoms with Gasteiger partial charge >= 0.3 is 0 Å². The molecule has 0 aromatic heterocycles. The molecule has 0 N–H and O–H groups in total. The summed E-state index contributed by atoms with van der Waals surface area (Å²) in [5.41, 5.74) is 3.15. The van der Waals surface area contributed by atoms with Crippen molar-refractivity contribution in [3.8, 4) is 0 Å². The van der Waals surface area contributed by atoms with E-state index in [9.17, 15) is 9.59 Å². The molecule has 2 aromatic rings. The highest BCUT2D eigenvalue weighted by atomic mass is 79.9. The number of hydrogen-bond acceptors (Lipinski definition) is 2. The van der Waals surface area contributed by atoms with Crippen molar-refractivity contribution in [2.24, 2.45) is 5.92 Å². The lowest BCUT2D eigenvalue weighted by atomic mass is 9.94. The average Bonchev–Trinajstić information content (AvgIpc) is 2.74. The summed E-state index contributed by atoms with van der Waals surface area (Å²) in [7, 11) is 1.87. The summed E-state index contributed by atoms with van der Waals surface area (Å²) in [4.78, 5) is 29.1. The monoisotopic (exact) mass is 442 g/mol. The number of amides is 2. The van der Waals surface area contributed by atoms with Gasteiger partial charge in [0.25, 0.3) is 5.91 Å². The molecular weight excluding hydrogens is 416 g/mol. The van der Waals surface area contributed by atoms with E-state index in [1.54, 1.807) is 0 Å². The number of rotatable bonds is 5. The molecular formula is C23H27BrN2O2. The number of carbonyl (C=O) groups is 2. The molecule has 5 heteroatoms.